The number of hydrogen-bond acceptors (Lipinski definition) is 1. The second-order valence-electron chi connectivity index (χ2n) is 5.35. The van der Waals surface area contributed by atoms with Gasteiger partial charge in [-0.2, -0.15) is 0 Å². The maximum atomic E-state index is 5.42. The number of rotatable bonds is 5. The van der Waals surface area contributed by atoms with Crippen LogP contribution in [0.25, 0.3) is 0 Å². The predicted molar refractivity (Wildman–Crippen MR) is 80.6 cm³/mol. The third kappa shape index (κ3) is 4.01. The summed E-state index contributed by atoms with van der Waals surface area (Å²) < 4.78 is 5.42. The predicted octanol–water partition coefficient (Wildman–Crippen LogP) is 4.97. The van der Waals surface area contributed by atoms with Crippen LogP contribution in [0.3, 0.4) is 0 Å². The van der Waals surface area contributed by atoms with Crippen LogP contribution in [0.5, 0.6) is 5.75 Å². The number of hydrogen-bond donors (Lipinski definition) is 0. The Labute approximate surface area is 119 Å². The average molecular weight is 311 g/mol. The van der Waals surface area contributed by atoms with Crippen LogP contribution in [0.4, 0.5) is 0 Å². The van der Waals surface area contributed by atoms with Crippen molar-refractivity contribution >= 4 is 15.9 Å². The molecule has 1 saturated carbocycles. The van der Waals surface area contributed by atoms with Gasteiger partial charge in [0.15, 0.2) is 0 Å². The van der Waals surface area contributed by atoms with Crippen molar-refractivity contribution in [3.8, 4) is 5.75 Å². The van der Waals surface area contributed by atoms with E-state index in [9.17, 15) is 0 Å². The zero-order chi connectivity index (χ0) is 12.8. The first kappa shape index (κ1) is 13.9. The number of para-hydroxylation sites is 1. The van der Waals surface area contributed by atoms with Crippen molar-refractivity contribution in [3.05, 3.63) is 29.8 Å². The molecule has 1 aliphatic carbocycles. The fraction of sp³-hybridized carbons (Fsp3) is 0.625. The molecule has 1 aromatic carbocycles. The van der Waals surface area contributed by atoms with Gasteiger partial charge in [0.25, 0.3) is 0 Å². The number of halogens is 1. The van der Waals surface area contributed by atoms with E-state index in [1.54, 1.807) is 7.11 Å². The molecular formula is C16H23BrO. The highest BCUT2D eigenvalue weighted by molar-refractivity contribution is 9.09. The minimum atomic E-state index is 0.580. The van der Waals surface area contributed by atoms with E-state index in [1.807, 2.05) is 6.07 Å². The van der Waals surface area contributed by atoms with E-state index in [2.05, 4.69) is 34.1 Å². The molecule has 18 heavy (non-hydrogen) atoms. The number of benzene rings is 1. The molecule has 2 rings (SSSR count). The molecule has 0 saturated heterocycles. The molecule has 1 aromatic rings. The van der Waals surface area contributed by atoms with Gasteiger partial charge >= 0.3 is 0 Å². The summed E-state index contributed by atoms with van der Waals surface area (Å²) in [6.07, 6.45) is 9.52. The van der Waals surface area contributed by atoms with Crippen molar-refractivity contribution in [1.82, 2.24) is 0 Å². The van der Waals surface area contributed by atoms with Gasteiger partial charge < -0.3 is 4.74 Å². The molecule has 2 heteroatoms. The maximum Gasteiger partial charge on any atom is 0.122 e. The Bertz CT molecular complexity index is 358. The highest BCUT2D eigenvalue weighted by atomic mass is 79.9. The molecule has 1 atom stereocenters. The molecule has 0 bridgehead atoms. The minimum absolute atomic E-state index is 0.580. The molecule has 1 nitrogen and oxygen atoms in total. The molecule has 100 valence electrons. The van der Waals surface area contributed by atoms with Gasteiger partial charge in [0.05, 0.1) is 7.11 Å². The molecule has 1 aliphatic rings. The molecule has 0 aliphatic heterocycles. The van der Waals surface area contributed by atoms with Crippen molar-refractivity contribution in [3.63, 3.8) is 0 Å². The van der Waals surface area contributed by atoms with Gasteiger partial charge in [-0.05, 0) is 30.4 Å². The van der Waals surface area contributed by atoms with Gasteiger partial charge in [-0.15, -0.1) is 0 Å². The number of methoxy groups -OCH3 is 1. The topological polar surface area (TPSA) is 9.23 Å². The summed E-state index contributed by atoms with van der Waals surface area (Å²) in [5.74, 6) is 1.95. The molecule has 0 heterocycles. The molecule has 1 unspecified atom stereocenters. The number of ether oxygens (including phenoxy) is 1. The lowest BCUT2D eigenvalue weighted by atomic mass is 9.85. The van der Waals surface area contributed by atoms with Crippen LogP contribution in [0.15, 0.2) is 24.3 Å². The van der Waals surface area contributed by atoms with E-state index in [0.717, 1.165) is 18.1 Å². The molecule has 0 amide bonds. The highest BCUT2D eigenvalue weighted by Gasteiger charge is 2.18. The molecule has 0 aromatic heterocycles. The first-order chi connectivity index (χ1) is 8.79. The second kappa shape index (κ2) is 7.18. The van der Waals surface area contributed by atoms with Crippen LogP contribution in [0.1, 0.15) is 44.1 Å². The summed E-state index contributed by atoms with van der Waals surface area (Å²) in [7, 11) is 1.75. The highest BCUT2D eigenvalue weighted by Crippen LogP contribution is 2.31. The summed E-state index contributed by atoms with van der Waals surface area (Å²) in [5.41, 5.74) is 1.32. The first-order valence-electron chi connectivity index (χ1n) is 7.05. The van der Waals surface area contributed by atoms with E-state index in [-0.39, 0.29) is 0 Å². The van der Waals surface area contributed by atoms with Crippen molar-refractivity contribution < 1.29 is 4.74 Å². The zero-order valence-corrected chi connectivity index (χ0v) is 12.8. The summed E-state index contributed by atoms with van der Waals surface area (Å²) >= 11 is 3.86. The van der Waals surface area contributed by atoms with Crippen molar-refractivity contribution in [2.75, 3.05) is 7.11 Å². The lowest BCUT2D eigenvalue weighted by molar-refractivity contribution is 0.336. The average Bonchev–Trinajstić information content (AvgIpc) is 2.40. The second-order valence-corrected chi connectivity index (χ2v) is 6.65. The van der Waals surface area contributed by atoms with Crippen molar-refractivity contribution in [2.24, 2.45) is 5.92 Å². The first-order valence-corrected chi connectivity index (χ1v) is 7.97. The van der Waals surface area contributed by atoms with Gasteiger partial charge in [-0.1, -0.05) is 66.2 Å². The Hall–Kier alpha value is -0.500. The SMILES string of the molecule is COc1ccccc1CC(Br)CC1CCCCC1. The minimum Gasteiger partial charge on any atom is -0.496 e. The van der Waals surface area contributed by atoms with E-state index in [0.29, 0.717) is 4.83 Å². The molecule has 0 radical (unpaired) electrons. The van der Waals surface area contributed by atoms with E-state index >= 15 is 0 Å². The summed E-state index contributed by atoms with van der Waals surface area (Å²) in [4.78, 5) is 0.580. The van der Waals surface area contributed by atoms with Gasteiger partial charge in [0.1, 0.15) is 5.75 Å². The lowest BCUT2D eigenvalue weighted by Gasteiger charge is -2.24. The zero-order valence-electron chi connectivity index (χ0n) is 11.2. The third-order valence-electron chi connectivity index (χ3n) is 3.95. The maximum absolute atomic E-state index is 5.42. The largest absolute Gasteiger partial charge is 0.496 e. The fourth-order valence-corrected chi connectivity index (χ4v) is 3.86. The smallest absolute Gasteiger partial charge is 0.122 e. The van der Waals surface area contributed by atoms with Gasteiger partial charge in [-0.25, -0.2) is 0 Å². The summed E-state index contributed by atoms with van der Waals surface area (Å²) in [6, 6.07) is 8.36. The Morgan fingerprint density at radius 1 is 1.22 bits per heavy atom. The van der Waals surface area contributed by atoms with E-state index < -0.39 is 0 Å². The van der Waals surface area contributed by atoms with Crippen LogP contribution in [0, 0.1) is 5.92 Å². The van der Waals surface area contributed by atoms with Crippen LogP contribution in [-0.2, 0) is 6.42 Å². The van der Waals surface area contributed by atoms with Crippen LogP contribution in [-0.4, -0.2) is 11.9 Å². The fourth-order valence-electron chi connectivity index (χ4n) is 2.98. The Morgan fingerprint density at radius 3 is 2.67 bits per heavy atom. The van der Waals surface area contributed by atoms with Gasteiger partial charge in [-0.3, -0.25) is 0 Å². The van der Waals surface area contributed by atoms with Crippen LogP contribution >= 0.6 is 15.9 Å². The summed E-state index contributed by atoms with van der Waals surface area (Å²) in [6.45, 7) is 0. The standard InChI is InChI=1S/C16H23BrO/c1-18-16-10-6-5-9-14(16)12-15(17)11-13-7-3-2-4-8-13/h5-6,9-10,13,15H,2-4,7-8,11-12H2,1H3. The summed E-state index contributed by atoms with van der Waals surface area (Å²) in [5, 5.41) is 0. The molecule has 1 fully saturated rings. The van der Waals surface area contributed by atoms with Crippen molar-refractivity contribution in [2.45, 2.75) is 49.8 Å². The quantitative estimate of drug-likeness (QED) is 0.698. The monoisotopic (exact) mass is 310 g/mol. The Morgan fingerprint density at radius 2 is 1.94 bits per heavy atom. The van der Waals surface area contributed by atoms with Gasteiger partial charge in [0.2, 0.25) is 0 Å². The third-order valence-corrected chi connectivity index (χ3v) is 4.65. The Balaban J connectivity index is 1.87. The van der Waals surface area contributed by atoms with Crippen LogP contribution < -0.4 is 4.74 Å². The molecular weight excluding hydrogens is 288 g/mol. The van der Waals surface area contributed by atoms with Gasteiger partial charge in [0, 0.05) is 4.83 Å². The Kier molecular flexibility index (Phi) is 5.55. The normalized spacial score (nSPS) is 18.6. The van der Waals surface area contributed by atoms with E-state index in [1.165, 1.54) is 44.1 Å². The lowest BCUT2D eigenvalue weighted by Crippen LogP contribution is -2.14. The number of alkyl halides is 1. The molecule has 0 N–H and O–H groups in total. The van der Waals surface area contributed by atoms with E-state index in [4.69, 9.17) is 4.74 Å². The van der Waals surface area contributed by atoms with Crippen molar-refractivity contribution in [1.29, 1.82) is 0 Å². The molecule has 0 spiro atoms. The van der Waals surface area contributed by atoms with Crippen LogP contribution in [0.2, 0.25) is 0 Å².